The minimum atomic E-state index is 0.988. The van der Waals surface area contributed by atoms with Crippen LogP contribution < -0.4 is 0 Å². The molecular weight excluding hydrogens is 270 g/mol. The molecule has 0 aliphatic rings. The van der Waals surface area contributed by atoms with Crippen molar-refractivity contribution in [3.63, 3.8) is 0 Å². The molecule has 0 saturated heterocycles. The molecule has 0 heterocycles. The number of rotatable bonds is 13. The van der Waals surface area contributed by atoms with Crippen molar-refractivity contribution < 1.29 is 0 Å². The van der Waals surface area contributed by atoms with Gasteiger partial charge in [0.2, 0.25) is 0 Å². The summed E-state index contributed by atoms with van der Waals surface area (Å²) in [4.78, 5) is 9.90. The van der Waals surface area contributed by atoms with Crippen molar-refractivity contribution in [1.82, 2.24) is 9.80 Å². The molecule has 0 amide bonds. The highest BCUT2D eigenvalue weighted by Gasteiger charge is 2.14. The molecular formula is C19H41N3. The number of hydrogen-bond donors (Lipinski definition) is 0. The largest absolute Gasteiger partial charge is 0.343 e. The van der Waals surface area contributed by atoms with E-state index in [9.17, 15) is 0 Å². The van der Waals surface area contributed by atoms with Gasteiger partial charge in [-0.25, -0.2) is 0 Å². The van der Waals surface area contributed by atoms with E-state index in [0.29, 0.717) is 0 Å². The summed E-state index contributed by atoms with van der Waals surface area (Å²) in [6.07, 6.45) is 10.4. The van der Waals surface area contributed by atoms with Crippen LogP contribution in [0.1, 0.15) is 86.0 Å². The summed E-state index contributed by atoms with van der Waals surface area (Å²) in [5.41, 5.74) is 0. The molecule has 0 saturated carbocycles. The highest BCUT2D eigenvalue weighted by molar-refractivity contribution is 5.80. The van der Waals surface area contributed by atoms with Crippen molar-refractivity contribution in [2.45, 2.75) is 86.0 Å². The molecule has 0 unspecified atom stereocenters. The minimum absolute atomic E-state index is 0.988. The second kappa shape index (κ2) is 15.2. The van der Waals surface area contributed by atoms with E-state index in [0.717, 1.165) is 32.7 Å². The molecule has 0 aromatic rings. The van der Waals surface area contributed by atoms with E-state index < -0.39 is 0 Å². The van der Waals surface area contributed by atoms with Gasteiger partial charge >= 0.3 is 0 Å². The lowest BCUT2D eigenvalue weighted by atomic mass is 10.1. The number of hydrogen-bond acceptors (Lipinski definition) is 1. The monoisotopic (exact) mass is 311 g/mol. The number of nitrogens with zero attached hydrogens (tertiary/aromatic N) is 3. The van der Waals surface area contributed by atoms with E-state index in [1.54, 1.807) is 0 Å². The Balaban J connectivity index is 4.51. The quantitative estimate of drug-likeness (QED) is 0.265. The minimum Gasteiger partial charge on any atom is -0.343 e. The molecule has 22 heavy (non-hydrogen) atoms. The summed E-state index contributed by atoms with van der Waals surface area (Å²) >= 11 is 0. The Kier molecular flexibility index (Phi) is 14.7. The van der Waals surface area contributed by atoms with Gasteiger partial charge in [-0.1, -0.05) is 52.9 Å². The third kappa shape index (κ3) is 9.32. The standard InChI is InChI=1S/C19H41N3/c1-6-11-12-13-14-15-16-20-19(21(9-4)10-5)22(17-7-2)18-8-3/h6-18H2,1-5H3/b20-19+. The van der Waals surface area contributed by atoms with Gasteiger partial charge in [-0.3, -0.25) is 4.99 Å². The van der Waals surface area contributed by atoms with Crippen LogP contribution in [0.3, 0.4) is 0 Å². The average Bonchev–Trinajstić information content (AvgIpc) is 2.53. The fraction of sp³-hybridized carbons (Fsp3) is 0.947. The Morgan fingerprint density at radius 3 is 1.68 bits per heavy atom. The van der Waals surface area contributed by atoms with E-state index in [1.807, 2.05) is 0 Å². The average molecular weight is 312 g/mol. The Labute approximate surface area is 140 Å². The third-order valence-electron chi connectivity index (χ3n) is 4.08. The van der Waals surface area contributed by atoms with Crippen molar-refractivity contribution >= 4 is 5.96 Å². The second-order valence-electron chi connectivity index (χ2n) is 6.11. The fourth-order valence-electron chi connectivity index (χ4n) is 2.83. The number of guanidine groups is 1. The predicted octanol–water partition coefficient (Wildman–Crippen LogP) is 5.17. The lowest BCUT2D eigenvalue weighted by Crippen LogP contribution is -2.45. The van der Waals surface area contributed by atoms with Crippen LogP contribution in [0.4, 0.5) is 0 Å². The van der Waals surface area contributed by atoms with Crippen LogP contribution in [0.5, 0.6) is 0 Å². The van der Waals surface area contributed by atoms with E-state index in [1.165, 1.54) is 57.3 Å². The predicted molar refractivity (Wildman–Crippen MR) is 101 cm³/mol. The maximum absolute atomic E-state index is 4.99. The fourth-order valence-corrected chi connectivity index (χ4v) is 2.83. The number of unbranched alkanes of at least 4 members (excludes halogenated alkanes) is 5. The Bertz CT molecular complexity index is 253. The molecule has 0 aromatic heterocycles. The zero-order valence-corrected chi connectivity index (χ0v) is 16.0. The molecule has 3 heteroatoms. The summed E-state index contributed by atoms with van der Waals surface area (Å²) in [7, 11) is 0. The van der Waals surface area contributed by atoms with Crippen LogP contribution in [0.15, 0.2) is 4.99 Å². The first-order valence-electron chi connectivity index (χ1n) is 9.79. The number of aliphatic imine (C=N–C) groups is 1. The summed E-state index contributed by atoms with van der Waals surface area (Å²) in [5.74, 6) is 1.24. The highest BCUT2D eigenvalue weighted by atomic mass is 15.4. The normalized spacial score (nSPS) is 11.8. The van der Waals surface area contributed by atoms with Crippen molar-refractivity contribution in [2.24, 2.45) is 4.99 Å². The zero-order valence-electron chi connectivity index (χ0n) is 16.0. The maximum atomic E-state index is 4.99. The molecule has 0 spiro atoms. The van der Waals surface area contributed by atoms with E-state index in [4.69, 9.17) is 4.99 Å². The van der Waals surface area contributed by atoms with Crippen LogP contribution in [-0.2, 0) is 0 Å². The van der Waals surface area contributed by atoms with Gasteiger partial charge in [0.05, 0.1) is 0 Å². The molecule has 3 nitrogen and oxygen atoms in total. The molecule has 0 aliphatic heterocycles. The van der Waals surface area contributed by atoms with Gasteiger partial charge in [-0.05, 0) is 33.1 Å². The van der Waals surface area contributed by atoms with Crippen LogP contribution in [0.25, 0.3) is 0 Å². The smallest absolute Gasteiger partial charge is 0.196 e. The van der Waals surface area contributed by atoms with E-state index >= 15 is 0 Å². The molecule has 0 radical (unpaired) electrons. The molecule has 0 N–H and O–H groups in total. The highest BCUT2D eigenvalue weighted by Crippen LogP contribution is 2.07. The molecule has 0 rings (SSSR count). The van der Waals surface area contributed by atoms with Crippen LogP contribution in [-0.4, -0.2) is 48.5 Å². The Morgan fingerprint density at radius 1 is 0.636 bits per heavy atom. The second-order valence-corrected chi connectivity index (χ2v) is 6.11. The topological polar surface area (TPSA) is 18.8 Å². The van der Waals surface area contributed by atoms with Gasteiger partial charge < -0.3 is 9.80 Å². The van der Waals surface area contributed by atoms with Gasteiger partial charge in [0.25, 0.3) is 0 Å². The van der Waals surface area contributed by atoms with Crippen molar-refractivity contribution in [2.75, 3.05) is 32.7 Å². The lowest BCUT2D eigenvalue weighted by molar-refractivity contribution is 0.328. The van der Waals surface area contributed by atoms with Gasteiger partial charge in [0.15, 0.2) is 5.96 Å². The van der Waals surface area contributed by atoms with Crippen LogP contribution in [0.2, 0.25) is 0 Å². The van der Waals surface area contributed by atoms with Gasteiger partial charge in [0, 0.05) is 32.7 Å². The van der Waals surface area contributed by atoms with Gasteiger partial charge in [0.1, 0.15) is 0 Å². The SMILES string of the molecule is CCCCCCCC/N=C(\N(CC)CC)N(CCC)CCC. The van der Waals surface area contributed by atoms with Crippen molar-refractivity contribution in [1.29, 1.82) is 0 Å². The zero-order chi connectivity index (χ0) is 16.6. The van der Waals surface area contributed by atoms with Crippen LogP contribution >= 0.6 is 0 Å². The summed E-state index contributed by atoms with van der Waals surface area (Å²) in [5, 5.41) is 0. The lowest BCUT2D eigenvalue weighted by Gasteiger charge is -2.33. The molecule has 0 fully saturated rings. The van der Waals surface area contributed by atoms with Gasteiger partial charge in [-0.2, -0.15) is 0 Å². The first-order valence-corrected chi connectivity index (χ1v) is 9.79. The van der Waals surface area contributed by atoms with Crippen molar-refractivity contribution in [3.8, 4) is 0 Å². The molecule has 0 atom stereocenters. The Hall–Kier alpha value is -0.730. The van der Waals surface area contributed by atoms with Gasteiger partial charge in [-0.15, -0.1) is 0 Å². The summed E-state index contributed by atoms with van der Waals surface area (Å²) in [6, 6.07) is 0. The first kappa shape index (κ1) is 21.3. The molecule has 0 bridgehead atoms. The van der Waals surface area contributed by atoms with E-state index in [2.05, 4.69) is 44.4 Å². The van der Waals surface area contributed by atoms with E-state index in [-0.39, 0.29) is 0 Å². The molecule has 0 aromatic carbocycles. The van der Waals surface area contributed by atoms with Crippen LogP contribution in [0, 0.1) is 0 Å². The Morgan fingerprint density at radius 2 is 1.18 bits per heavy atom. The molecule has 0 aliphatic carbocycles. The first-order chi connectivity index (χ1) is 10.7. The maximum Gasteiger partial charge on any atom is 0.196 e. The van der Waals surface area contributed by atoms with Crippen molar-refractivity contribution in [3.05, 3.63) is 0 Å². The molecule has 132 valence electrons. The third-order valence-corrected chi connectivity index (χ3v) is 4.08. The summed E-state index contributed by atoms with van der Waals surface area (Å²) in [6.45, 7) is 16.6. The summed E-state index contributed by atoms with van der Waals surface area (Å²) < 4.78 is 0.